The van der Waals surface area contributed by atoms with Crippen molar-refractivity contribution < 1.29 is 9.53 Å². The molecular weight excluding hydrogens is 292 g/mol. The number of para-hydroxylation sites is 1. The molecular formula is C17H20N4O2. The van der Waals surface area contributed by atoms with Gasteiger partial charge in [-0.3, -0.25) is 4.79 Å². The van der Waals surface area contributed by atoms with E-state index in [0.717, 1.165) is 42.9 Å². The summed E-state index contributed by atoms with van der Waals surface area (Å²) in [5.74, 6) is 1.24. The van der Waals surface area contributed by atoms with E-state index in [0.29, 0.717) is 5.82 Å². The van der Waals surface area contributed by atoms with Crippen LogP contribution in [-0.2, 0) is 4.79 Å². The van der Waals surface area contributed by atoms with E-state index in [9.17, 15) is 4.79 Å². The van der Waals surface area contributed by atoms with Gasteiger partial charge in [-0.15, -0.1) is 0 Å². The maximum atomic E-state index is 12.3. The van der Waals surface area contributed by atoms with Gasteiger partial charge >= 0.3 is 0 Å². The molecule has 23 heavy (non-hydrogen) atoms. The number of benzene rings is 1. The lowest BCUT2D eigenvalue weighted by molar-refractivity contribution is -0.120. The summed E-state index contributed by atoms with van der Waals surface area (Å²) in [6, 6.07) is 9.40. The number of nitrogens with one attached hydrogen (secondary N) is 2. The van der Waals surface area contributed by atoms with E-state index in [4.69, 9.17) is 4.74 Å². The van der Waals surface area contributed by atoms with Crippen molar-refractivity contribution in [3.8, 4) is 17.0 Å². The van der Waals surface area contributed by atoms with Gasteiger partial charge in [-0.1, -0.05) is 12.1 Å². The molecule has 120 valence electrons. The highest BCUT2D eigenvalue weighted by Crippen LogP contribution is 2.28. The van der Waals surface area contributed by atoms with Crippen LogP contribution < -0.4 is 15.4 Å². The van der Waals surface area contributed by atoms with Crippen molar-refractivity contribution in [2.75, 3.05) is 25.5 Å². The Bertz CT molecular complexity index is 684. The third-order valence-electron chi connectivity index (χ3n) is 3.97. The van der Waals surface area contributed by atoms with Crippen molar-refractivity contribution in [2.45, 2.75) is 12.8 Å². The number of aromatic nitrogens is 2. The van der Waals surface area contributed by atoms with Crippen LogP contribution in [-0.4, -0.2) is 36.1 Å². The van der Waals surface area contributed by atoms with E-state index in [1.54, 1.807) is 13.2 Å². The summed E-state index contributed by atoms with van der Waals surface area (Å²) < 4.78 is 5.36. The molecule has 0 radical (unpaired) electrons. The molecule has 1 aromatic carbocycles. The first-order valence-corrected chi connectivity index (χ1v) is 7.75. The van der Waals surface area contributed by atoms with E-state index in [2.05, 4.69) is 20.6 Å². The fraction of sp³-hybridized carbons (Fsp3) is 0.353. The summed E-state index contributed by atoms with van der Waals surface area (Å²) in [6.07, 6.45) is 3.38. The monoisotopic (exact) mass is 312 g/mol. The molecule has 1 unspecified atom stereocenters. The quantitative estimate of drug-likeness (QED) is 0.904. The Morgan fingerprint density at radius 2 is 2.22 bits per heavy atom. The van der Waals surface area contributed by atoms with Crippen molar-refractivity contribution in [1.29, 1.82) is 0 Å². The highest BCUT2D eigenvalue weighted by molar-refractivity contribution is 5.92. The molecule has 1 amide bonds. The molecule has 1 aliphatic rings. The summed E-state index contributed by atoms with van der Waals surface area (Å²) in [7, 11) is 1.62. The second kappa shape index (κ2) is 7.19. The van der Waals surface area contributed by atoms with Crippen LogP contribution in [0.1, 0.15) is 12.8 Å². The summed E-state index contributed by atoms with van der Waals surface area (Å²) in [5.41, 5.74) is 1.58. The van der Waals surface area contributed by atoms with Gasteiger partial charge in [0, 0.05) is 18.2 Å². The standard InChI is InChI=1S/C17H20N4O2/c1-23-15-7-3-2-6-13(15)14-9-16(20-11-19-14)21-17(22)12-5-4-8-18-10-12/h2-3,6-7,9,11-12,18H,4-5,8,10H2,1H3,(H,19,20,21,22). The summed E-state index contributed by atoms with van der Waals surface area (Å²) in [4.78, 5) is 20.7. The highest BCUT2D eigenvalue weighted by atomic mass is 16.5. The maximum Gasteiger partial charge on any atom is 0.229 e. The number of hydrogen-bond acceptors (Lipinski definition) is 5. The molecule has 2 N–H and O–H groups in total. The number of carbonyl (C=O) groups excluding carboxylic acids is 1. The van der Waals surface area contributed by atoms with Crippen molar-refractivity contribution in [2.24, 2.45) is 5.92 Å². The fourth-order valence-electron chi connectivity index (χ4n) is 2.73. The fourth-order valence-corrected chi connectivity index (χ4v) is 2.73. The van der Waals surface area contributed by atoms with Crippen molar-refractivity contribution in [3.05, 3.63) is 36.7 Å². The molecule has 1 aromatic heterocycles. The second-order valence-electron chi connectivity index (χ2n) is 5.52. The lowest BCUT2D eigenvalue weighted by atomic mass is 9.99. The number of anilines is 1. The Morgan fingerprint density at radius 1 is 1.35 bits per heavy atom. The lowest BCUT2D eigenvalue weighted by Gasteiger charge is -2.21. The van der Waals surface area contributed by atoms with Gasteiger partial charge in [0.1, 0.15) is 17.9 Å². The summed E-state index contributed by atoms with van der Waals surface area (Å²) in [6.45, 7) is 1.70. The van der Waals surface area contributed by atoms with Crippen molar-refractivity contribution >= 4 is 11.7 Å². The Labute approximate surface area is 135 Å². The molecule has 2 heterocycles. The van der Waals surface area contributed by atoms with Crippen molar-refractivity contribution in [3.63, 3.8) is 0 Å². The number of ether oxygens (including phenoxy) is 1. The van der Waals surface area contributed by atoms with E-state index in [-0.39, 0.29) is 11.8 Å². The molecule has 0 aliphatic carbocycles. The van der Waals surface area contributed by atoms with Crippen LogP contribution in [0.25, 0.3) is 11.3 Å². The topological polar surface area (TPSA) is 76.1 Å². The molecule has 0 saturated carbocycles. The summed E-state index contributed by atoms with van der Waals surface area (Å²) >= 11 is 0. The molecule has 1 aliphatic heterocycles. The van der Waals surface area contributed by atoms with Crippen LogP contribution in [0.3, 0.4) is 0 Å². The van der Waals surface area contributed by atoms with E-state index in [1.165, 1.54) is 6.33 Å². The van der Waals surface area contributed by atoms with Crippen LogP contribution in [0.5, 0.6) is 5.75 Å². The molecule has 0 bridgehead atoms. The predicted molar refractivity (Wildman–Crippen MR) is 88.2 cm³/mol. The number of hydrogen-bond donors (Lipinski definition) is 2. The number of nitrogens with zero attached hydrogens (tertiary/aromatic N) is 2. The van der Waals surface area contributed by atoms with Gasteiger partial charge in [0.2, 0.25) is 5.91 Å². The van der Waals surface area contributed by atoms with Gasteiger partial charge < -0.3 is 15.4 Å². The number of carbonyl (C=O) groups is 1. The lowest BCUT2D eigenvalue weighted by Crippen LogP contribution is -2.37. The maximum absolute atomic E-state index is 12.3. The second-order valence-corrected chi connectivity index (χ2v) is 5.52. The van der Waals surface area contributed by atoms with E-state index >= 15 is 0 Å². The molecule has 1 saturated heterocycles. The Kier molecular flexibility index (Phi) is 4.83. The Hall–Kier alpha value is -2.47. The van der Waals surface area contributed by atoms with Crippen LogP contribution >= 0.6 is 0 Å². The summed E-state index contributed by atoms with van der Waals surface area (Å²) in [5, 5.41) is 6.13. The number of methoxy groups -OCH3 is 1. The minimum Gasteiger partial charge on any atom is -0.496 e. The van der Waals surface area contributed by atoms with Gasteiger partial charge in [0.15, 0.2) is 0 Å². The van der Waals surface area contributed by atoms with Gasteiger partial charge in [-0.2, -0.15) is 0 Å². The van der Waals surface area contributed by atoms with Crippen LogP contribution in [0.15, 0.2) is 36.7 Å². The number of rotatable bonds is 4. The molecule has 1 atom stereocenters. The molecule has 3 rings (SSSR count). The van der Waals surface area contributed by atoms with Gasteiger partial charge in [0.25, 0.3) is 0 Å². The van der Waals surface area contributed by atoms with Gasteiger partial charge in [0.05, 0.1) is 18.7 Å². The first-order valence-electron chi connectivity index (χ1n) is 7.75. The number of piperidine rings is 1. The average Bonchev–Trinajstić information content (AvgIpc) is 2.62. The van der Waals surface area contributed by atoms with Crippen molar-refractivity contribution in [1.82, 2.24) is 15.3 Å². The molecule has 6 heteroatoms. The highest BCUT2D eigenvalue weighted by Gasteiger charge is 2.21. The first-order chi connectivity index (χ1) is 11.3. The normalized spacial score (nSPS) is 17.5. The van der Waals surface area contributed by atoms with Crippen LogP contribution in [0.4, 0.5) is 5.82 Å². The van der Waals surface area contributed by atoms with Crippen LogP contribution in [0.2, 0.25) is 0 Å². The molecule has 0 spiro atoms. The first kappa shape index (κ1) is 15.4. The zero-order chi connectivity index (χ0) is 16.1. The zero-order valence-corrected chi connectivity index (χ0v) is 13.1. The minimum absolute atomic E-state index is 0.00174. The SMILES string of the molecule is COc1ccccc1-c1cc(NC(=O)C2CCCNC2)ncn1. The van der Waals surface area contributed by atoms with E-state index < -0.39 is 0 Å². The Morgan fingerprint density at radius 3 is 3.00 bits per heavy atom. The van der Waals surface area contributed by atoms with E-state index in [1.807, 2.05) is 24.3 Å². The molecule has 1 fully saturated rings. The predicted octanol–water partition coefficient (Wildman–Crippen LogP) is 2.09. The third kappa shape index (κ3) is 3.65. The molecule has 2 aromatic rings. The Balaban J connectivity index is 1.78. The average molecular weight is 312 g/mol. The molecule has 6 nitrogen and oxygen atoms in total. The smallest absolute Gasteiger partial charge is 0.229 e. The number of amides is 1. The zero-order valence-electron chi connectivity index (χ0n) is 13.1. The van der Waals surface area contributed by atoms with Gasteiger partial charge in [-0.05, 0) is 31.5 Å². The minimum atomic E-state index is -0.00609. The third-order valence-corrected chi connectivity index (χ3v) is 3.97. The van der Waals surface area contributed by atoms with Crippen LogP contribution in [0, 0.1) is 5.92 Å². The largest absolute Gasteiger partial charge is 0.496 e. The van der Waals surface area contributed by atoms with Gasteiger partial charge in [-0.25, -0.2) is 9.97 Å².